The van der Waals surface area contributed by atoms with E-state index in [-0.39, 0.29) is 23.8 Å². The van der Waals surface area contributed by atoms with Gasteiger partial charge < -0.3 is 15.4 Å². The van der Waals surface area contributed by atoms with Crippen molar-refractivity contribution in [3.8, 4) is 0 Å². The highest BCUT2D eigenvalue weighted by Gasteiger charge is 2.50. The molecule has 4 aliphatic carbocycles. The van der Waals surface area contributed by atoms with Gasteiger partial charge in [0.15, 0.2) is 6.61 Å². The van der Waals surface area contributed by atoms with Crippen molar-refractivity contribution in [1.29, 1.82) is 0 Å². The number of rotatable bonds is 6. The van der Waals surface area contributed by atoms with E-state index >= 15 is 0 Å². The summed E-state index contributed by atoms with van der Waals surface area (Å²) < 4.78 is 5.16. The minimum atomic E-state index is -0.572. The summed E-state index contributed by atoms with van der Waals surface area (Å²) in [5.41, 5.74) is 1.09. The minimum Gasteiger partial charge on any atom is -0.452 e. The number of esters is 1. The predicted octanol–water partition coefficient (Wildman–Crippen LogP) is 3.13. The van der Waals surface area contributed by atoms with E-state index in [0.29, 0.717) is 17.8 Å². The predicted molar refractivity (Wildman–Crippen MR) is 105 cm³/mol. The molecule has 0 aliphatic heterocycles. The maximum absolute atomic E-state index is 12.2. The zero-order valence-corrected chi connectivity index (χ0v) is 16.3. The number of nitrogens with one attached hydrogen (secondary N) is 2. The first-order valence-corrected chi connectivity index (χ1v) is 10.2. The van der Waals surface area contributed by atoms with Crippen LogP contribution in [0.2, 0.25) is 0 Å². The van der Waals surface area contributed by atoms with E-state index in [2.05, 4.69) is 10.6 Å². The van der Waals surface area contributed by atoms with Crippen LogP contribution in [0.25, 0.3) is 0 Å². The quantitative estimate of drug-likeness (QED) is 0.738. The number of carbonyl (C=O) groups is 3. The first kappa shape index (κ1) is 19.0. The van der Waals surface area contributed by atoms with Gasteiger partial charge in [0.05, 0.1) is 5.56 Å². The molecule has 0 spiro atoms. The molecule has 5 rings (SSSR count). The maximum atomic E-state index is 12.2. The lowest BCUT2D eigenvalue weighted by Gasteiger charge is -2.56. The Kier molecular flexibility index (Phi) is 5.13. The van der Waals surface area contributed by atoms with E-state index in [1.807, 2.05) is 0 Å². The lowest BCUT2D eigenvalue weighted by molar-refractivity contribution is -0.126. The number of hydrogen-bond acceptors (Lipinski definition) is 4. The van der Waals surface area contributed by atoms with Crippen LogP contribution in [0.5, 0.6) is 0 Å². The van der Waals surface area contributed by atoms with Crippen molar-refractivity contribution in [2.45, 2.75) is 45.4 Å². The Morgan fingerprint density at radius 1 is 1.07 bits per heavy atom. The highest BCUT2D eigenvalue weighted by molar-refractivity contribution is 5.94. The molecule has 1 aromatic carbocycles. The van der Waals surface area contributed by atoms with Gasteiger partial charge in [0.1, 0.15) is 0 Å². The molecule has 0 saturated heterocycles. The van der Waals surface area contributed by atoms with Gasteiger partial charge in [-0.1, -0.05) is 6.07 Å². The van der Waals surface area contributed by atoms with Crippen LogP contribution in [-0.2, 0) is 14.3 Å². The molecule has 0 unspecified atom stereocenters. The molecule has 0 heterocycles. The van der Waals surface area contributed by atoms with Crippen LogP contribution < -0.4 is 10.6 Å². The van der Waals surface area contributed by atoms with Crippen LogP contribution in [0, 0.1) is 23.2 Å². The van der Waals surface area contributed by atoms with Crippen molar-refractivity contribution in [3.05, 3.63) is 29.8 Å². The maximum Gasteiger partial charge on any atom is 0.338 e. The highest BCUT2D eigenvalue weighted by atomic mass is 16.5. The third kappa shape index (κ3) is 4.21. The van der Waals surface area contributed by atoms with E-state index in [9.17, 15) is 14.4 Å². The second kappa shape index (κ2) is 7.57. The average Bonchev–Trinajstić information content (AvgIpc) is 2.63. The Hall–Kier alpha value is -2.37. The molecule has 4 aliphatic rings. The molecule has 6 nitrogen and oxygen atoms in total. The lowest BCUT2D eigenvalue weighted by atomic mass is 9.49. The number of hydrogen-bond donors (Lipinski definition) is 2. The van der Waals surface area contributed by atoms with Crippen LogP contribution in [0.4, 0.5) is 5.69 Å². The van der Waals surface area contributed by atoms with Crippen LogP contribution >= 0.6 is 0 Å². The first-order chi connectivity index (χ1) is 13.4. The third-order valence-electron chi connectivity index (χ3n) is 6.58. The Labute approximate surface area is 165 Å². The number of amides is 2. The summed E-state index contributed by atoms with van der Waals surface area (Å²) in [6.45, 7) is 1.82. The summed E-state index contributed by atoms with van der Waals surface area (Å²) in [6, 6.07) is 6.49. The molecule has 4 saturated carbocycles. The van der Waals surface area contributed by atoms with E-state index in [1.54, 1.807) is 18.2 Å². The molecule has 28 heavy (non-hydrogen) atoms. The summed E-state index contributed by atoms with van der Waals surface area (Å²) in [6.07, 6.45) is 7.83. The molecule has 1 aromatic rings. The average molecular weight is 384 g/mol. The zero-order chi connectivity index (χ0) is 19.7. The number of benzene rings is 1. The fourth-order valence-electron chi connectivity index (χ4n) is 5.99. The second-order valence-corrected chi connectivity index (χ2v) is 9.03. The van der Waals surface area contributed by atoms with Gasteiger partial charge in [-0.3, -0.25) is 9.59 Å². The molecular weight excluding hydrogens is 356 g/mol. The molecule has 4 fully saturated rings. The lowest BCUT2D eigenvalue weighted by Crippen LogP contribution is -2.51. The van der Waals surface area contributed by atoms with Gasteiger partial charge in [-0.15, -0.1) is 0 Å². The molecule has 2 N–H and O–H groups in total. The summed E-state index contributed by atoms with van der Waals surface area (Å²) in [4.78, 5) is 35.6. The molecule has 150 valence electrons. The molecule has 0 aromatic heterocycles. The summed E-state index contributed by atoms with van der Waals surface area (Å²) >= 11 is 0. The van der Waals surface area contributed by atoms with Gasteiger partial charge in [0, 0.05) is 19.2 Å². The van der Waals surface area contributed by atoms with Crippen molar-refractivity contribution in [2.75, 3.05) is 18.5 Å². The molecule has 0 radical (unpaired) electrons. The largest absolute Gasteiger partial charge is 0.452 e. The second-order valence-electron chi connectivity index (χ2n) is 9.03. The fraction of sp³-hybridized carbons (Fsp3) is 0.591. The highest BCUT2D eigenvalue weighted by Crippen LogP contribution is 2.59. The monoisotopic (exact) mass is 384 g/mol. The minimum absolute atomic E-state index is 0.213. The Morgan fingerprint density at radius 2 is 1.71 bits per heavy atom. The normalized spacial score (nSPS) is 30.0. The molecular formula is C22H28N2O4. The topological polar surface area (TPSA) is 84.5 Å². The standard InChI is InChI=1S/C22H28N2O4/c1-14(25)24-19-4-2-3-18(8-19)21(27)28-12-20(26)23-13-22-9-15-5-16(10-22)7-17(6-15)11-22/h2-4,8,15-17H,5-7,9-13H2,1H3,(H,23,26)(H,24,25). The summed E-state index contributed by atoms with van der Waals surface area (Å²) in [5.74, 6) is 1.50. The van der Waals surface area contributed by atoms with Crippen molar-refractivity contribution in [1.82, 2.24) is 5.32 Å². The van der Waals surface area contributed by atoms with Gasteiger partial charge in [0.25, 0.3) is 5.91 Å². The van der Waals surface area contributed by atoms with Gasteiger partial charge in [0.2, 0.25) is 5.91 Å². The molecule has 0 atom stereocenters. The van der Waals surface area contributed by atoms with E-state index < -0.39 is 5.97 Å². The van der Waals surface area contributed by atoms with E-state index in [0.717, 1.165) is 17.8 Å². The van der Waals surface area contributed by atoms with Gasteiger partial charge in [-0.2, -0.15) is 0 Å². The van der Waals surface area contributed by atoms with E-state index in [1.165, 1.54) is 51.5 Å². The molecule has 2 amide bonds. The fourth-order valence-corrected chi connectivity index (χ4v) is 5.99. The SMILES string of the molecule is CC(=O)Nc1cccc(C(=O)OCC(=O)NCC23CC4CC(CC(C4)C2)C3)c1. The van der Waals surface area contributed by atoms with Crippen molar-refractivity contribution in [3.63, 3.8) is 0 Å². The van der Waals surface area contributed by atoms with Crippen molar-refractivity contribution >= 4 is 23.5 Å². The van der Waals surface area contributed by atoms with Crippen LogP contribution in [0.1, 0.15) is 55.8 Å². The number of ether oxygens (including phenoxy) is 1. The Morgan fingerprint density at radius 3 is 2.32 bits per heavy atom. The van der Waals surface area contributed by atoms with Crippen molar-refractivity contribution in [2.24, 2.45) is 23.2 Å². The van der Waals surface area contributed by atoms with Gasteiger partial charge >= 0.3 is 5.97 Å². The molecule has 4 bridgehead atoms. The number of carbonyl (C=O) groups excluding carboxylic acids is 3. The van der Waals surface area contributed by atoms with Crippen LogP contribution in [-0.4, -0.2) is 30.9 Å². The van der Waals surface area contributed by atoms with E-state index in [4.69, 9.17) is 4.74 Å². The zero-order valence-electron chi connectivity index (χ0n) is 16.3. The Bertz CT molecular complexity index is 753. The molecule has 6 heteroatoms. The van der Waals surface area contributed by atoms with Crippen LogP contribution in [0.15, 0.2) is 24.3 Å². The Balaban J connectivity index is 1.26. The van der Waals surface area contributed by atoms with Gasteiger partial charge in [-0.05, 0) is 79.9 Å². The first-order valence-electron chi connectivity index (χ1n) is 10.2. The smallest absolute Gasteiger partial charge is 0.338 e. The summed E-state index contributed by atoms with van der Waals surface area (Å²) in [5, 5.41) is 5.63. The summed E-state index contributed by atoms with van der Waals surface area (Å²) in [7, 11) is 0. The van der Waals surface area contributed by atoms with Gasteiger partial charge in [-0.25, -0.2) is 4.79 Å². The number of anilines is 1. The van der Waals surface area contributed by atoms with Crippen molar-refractivity contribution < 1.29 is 19.1 Å². The van der Waals surface area contributed by atoms with Crippen LogP contribution in [0.3, 0.4) is 0 Å². The third-order valence-corrected chi connectivity index (χ3v) is 6.58.